The molecule has 0 saturated heterocycles. The minimum absolute atomic E-state index is 0.160. The van der Waals surface area contributed by atoms with E-state index in [0.29, 0.717) is 22.4 Å². The molecule has 1 aliphatic heterocycles. The number of benzene rings is 2. The first-order valence-corrected chi connectivity index (χ1v) is 10.4. The predicted octanol–water partition coefficient (Wildman–Crippen LogP) is 4.21. The van der Waals surface area contributed by atoms with E-state index in [4.69, 9.17) is 4.74 Å². The number of amidine groups is 1. The molecule has 0 spiro atoms. The lowest BCUT2D eigenvalue weighted by Gasteiger charge is -2.09. The van der Waals surface area contributed by atoms with Gasteiger partial charge in [0.05, 0.1) is 12.2 Å². The number of carbonyl (C=O) groups excluding carboxylic acids is 1. The van der Waals surface area contributed by atoms with Gasteiger partial charge in [-0.25, -0.2) is 4.79 Å². The van der Waals surface area contributed by atoms with Crippen molar-refractivity contribution in [2.24, 2.45) is 4.40 Å². The van der Waals surface area contributed by atoms with Gasteiger partial charge in [0.2, 0.25) is 0 Å². The Hall–Kier alpha value is -2.45. The summed E-state index contributed by atoms with van der Waals surface area (Å²) in [6.45, 7) is 3.71. The van der Waals surface area contributed by atoms with Crippen molar-refractivity contribution < 1.29 is 17.9 Å². The number of hydrogen-bond acceptors (Lipinski definition) is 5. The number of hydrogen-bond donors (Lipinski definition) is 1. The fourth-order valence-electron chi connectivity index (χ4n) is 2.72. The Kier molecular flexibility index (Phi) is 5.48. The first-order valence-electron chi connectivity index (χ1n) is 8.18. The van der Waals surface area contributed by atoms with E-state index >= 15 is 0 Å². The summed E-state index contributed by atoms with van der Waals surface area (Å²) in [6, 6.07) is 13.7. The Morgan fingerprint density at radius 2 is 1.93 bits per heavy atom. The molecule has 1 aliphatic rings. The van der Waals surface area contributed by atoms with E-state index < -0.39 is 16.0 Å². The van der Waals surface area contributed by atoms with Gasteiger partial charge < -0.3 is 10.1 Å². The zero-order valence-corrected chi connectivity index (χ0v) is 17.1. The van der Waals surface area contributed by atoms with E-state index in [1.807, 2.05) is 6.07 Å². The summed E-state index contributed by atoms with van der Waals surface area (Å²) < 4.78 is 34.8. The minimum atomic E-state index is -3.82. The van der Waals surface area contributed by atoms with Gasteiger partial charge in [0, 0.05) is 15.7 Å². The van der Waals surface area contributed by atoms with E-state index in [9.17, 15) is 13.2 Å². The Morgan fingerprint density at radius 1 is 1.19 bits per heavy atom. The van der Waals surface area contributed by atoms with Crippen molar-refractivity contribution in [2.75, 3.05) is 11.9 Å². The number of nitrogens with one attached hydrogen (secondary N) is 1. The maximum Gasteiger partial charge on any atom is 0.338 e. The molecule has 0 aromatic heterocycles. The Morgan fingerprint density at radius 3 is 2.63 bits per heavy atom. The van der Waals surface area contributed by atoms with Crippen LogP contribution in [0.1, 0.15) is 29.8 Å². The molecule has 0 aliphatic carbocycles. The first kappa shape index (κ1) is 19.3. The summed E-state index contributed by atoms with van der Waals surface area (Å²) in [7, 11) is -3.82. The zero-order chi connectivity index (χ0) is 19.6. The van der Waals surface area contributed by atoms with E-state index in [-0.39, 0.29) is 17.3 Å². The number of halogens is 1. The second-order valence-electron chi connectivity index (χ2n) is 5.81. The largest absolute Gasteiger partial charge is 0.462 e. The zero-order valence-electron chi connectivity index (χ0n) is 14.7. The van der Waals surface area contributed by atoms with Gasteiger partial charge in [-0.15, -0.1) is 4.40 Å². The van der Waals surface area contributed by atoms with Crippen molar-refractivity contribution in [2.45, 2.75) is 13.8 Å². The highest BCUT2D eigenvalue weighted by atomic mass is 79.9. The van der Waals surface area contributed by atoms with Crippen molar-refractivity contribution >= 4 is 48.4 Å². The van der Waals surface area contributed by atoms with Gasteiger partial charge in [0.25, 0.3) is 10.0 Å². The highest BCUT2D eigenvalue weighted by Crippen LogP contribution is 2.34. The number of nitrogens with zero attached hydrogens (tertiary/aromatic N) is 1. The molecule has 1 N–H and O–H groups in total. The monoisotopic (exact) mass is 448 g/mol. The quantitative estimate of drug-likeness (QED) is 0.707. The molecule has 8 heteroatoms. The molecule has 0 saturated carbocycles. The molecular weight excluding hydrogens is 432 g/mol. The first-order chi connectivity index (χ1) is 12.8. The van der Waals surface area contributed by atoms with Crippen LogP contribution in [-0.2, 0) is 14.8 Å². The highest BCUT2D eigenvalue weighted by Gasteiger charge is 2.31. The third-order valence-corrected chi connectivity index (χ3v) is 5.86. The summed E-state index contributed by atoms with van der Waals surface area (Å²) in [4.78, 5) is 12.0. The third-order valence-electron chi connectivity index (χ3n) is 3.89. The van der Waals surface area contributed by atoms with E-state index in [0.717, 1.165) is 4.47 Å². The summed E-state index contributed by atoms with van der Waals surface area (Å²) in [5.74, 6) is -0.213. The molecule has 2 aromatic carbocycles. The number of carbonyl (C=O) groups is 1. The van der Waals surface area contributed by atoms with Crippen molar-refractivity contribution in [3.05, 3.63) is 69.7 Å². The number of rotatable bonds is 4. The molecule has 0 bridgehead atoms. The fourth-order valence-corrected chi connectivity index (χ4v) is 4.54. The van der Waals surface area contributed by atoms with Crippen LogP contribution in [-0.4, -0.2) is 26.8 Å². The Bertz CT molecular complexity index is 1070. The van der Waals surface area contributed by atoms with Crippen LogP contribution in [0.4, 0.5) is 5.69 Å². The number of sulfonamides is 1. The molecule has 0 fully saturated rings. The van der Waals surface area contributed by atoms with Crippen LogP contribution in [0, 0.1) is 0 Å². The lowest BCUT2D eigenvalue weighted by Crippen LogP contribution is -2.12. The van der Waals surface area contributed by atoms with Gasteiger partial charge in [0.15, 0.2) is 0 Å². The van der Waals surface area contributed by atoms with E-state index in [1.165, 1.54) is 0 Å². The van der Waals surface area contributed by atoms with Crippen molar-refractivity contribution in [1.29, 1.82) is 0 Å². The van der Waals surface area contributed by atoms with Crippen LogP contribution in [0.2, 0.25) is 0 Å². The molecule has 1 heterocycles. The third kappa shape index (κ3) is 4.12. The number of anilines is 1. The second-order valence-corrected chi connectivity index (χ2v) is 8.26. The summed E-state index contributed by atoms with van der Waals surface area (Å²) in [5.41, 5.74) is 1.99. The molecule has 6 nitrogen and oxygen atoms in total. The summed E-state index contributed by atoms with van der Waals surface area (Å²) >= 11 is 3.36. The maximum absolute atomic E-state index is 12.6. The molecule has 0 radical (unpaired) electrons. The van der Waals surface area contributed by atoms with Gasteiger partial charge >= 0.3 is 5.97 Å². The van der Waals surface area contributed by atoms with Crippen molar-refractivity contribution in [3.63, 3.8) is 0 Å². The normalized spacial score (nSPS) is 15.4. The summed E-state index contributed by atoms with van der Waals surface area (Å²) in [6.07, 6.45) is 0. The van der Waals surface area contributed by atoms with Crippen LogP contribution in [0.3, 0.4) is 0 Å². The SMILES string of the molecule is CCOC(=O)c1cccc(NC2=NS(=O)(=O)C(c3cccc(Br)c3)=C2C)c1. The van der Waals surface area contributed by atoms with Gasteiger partial charge in [-0.2, -0.15) is 8.42 Å². The van der Waals surface area contributed by atoms with Gasteiger partial charge in [0.1, 0.15) is 10.7 Å². The Balaban J connectivity index is 1.95. The second kappa shape index (κ2) is 7.66. The van der Waals surface area contributed by atoms with Gasteiger partial charge in [-0.05, 0) is 49.7 Å². The Labute approximate surface area is 166 Å². The van der Waals surface area contributed by atoms with Gasteiger partial charge in [-0.1, -0.05) is 34.1 Å². The molecule has 0 unspecified atom stereocenters. The maximum atomic E-state index is 12.6. The van der Waals surface area contributed by atoms with Crippen LogP contribution in [0.15, 0.2) is 63.0 Å². The fraction of sp³-hybridized carbons (Fsp3) is 0.158. The van der Waals surface area contributed by atoms with Crippen LogP contribution in [0.25, 0.3) is 4.91 Å². The van der Waals surface area contributed by atoms with Crippen molar-refractivity contribution in [1.82, 2.24) is 0 Å². The predicted molar refractivity (Wildman–Crippen MR) is 109 cm³/mol. The average Bonchev–Trinajstić information content (AvgIpc) is 2.83. The van der Waals surface area contributed by atoms with Crippen LogP contribution < -0.4 is 5.32 Å². The minimum Gasteiger partial charge on any atom is -0.462 e. The standard InChI is InChI=1S/C19H17BrN2O4S/c1-3-26-19(23)14-7-5-9-16(11-14)21-18-12(2)17(27(24,25)22-18)13-6-4-8-15(20)10-13/h4-11H,3H2,1-2H3,(H,21,22). The molecule has 27 heavy (non-hydrogen) atoms. The van der Waals surface area contributed by atoms with Crippen LogP contribution in [0.5, 0.6) is 0 Å². The summed E-state index contributed by atoms with van der Waals surface area (Å²) in [5, 5.41) is 2.99. The lowest BCUT2D eigenvalue weighted by atomic mass is 10.1. The lowest BCUT2D eigenvalue weighted by molar-refractivity contribution is 0.0526. The molecule has 3 rings (SSSR count). The molecule has 2 aromatic rings. The number of esters is 1. The van der Waals surface area contributed by atoms with E-state index in [2.05, 4.69) is 25.6 Å². The molecule has 0 atom stereocenters. The average molecular weight is 449 g/mol. The van der Waals surface area contributed by atoms with Crippen LogP contribution >= 0.6 is 15.9 Å². The van der Waals surface area contributed by atoms with Crippen molar-refractivity contribution in [3.8, 4) is 0 Å². The number of ether oxygens (including phenoxy) is 1. The molecule has 140 valence electrons. The highest BCUT2D eigenvalue weighted by molar-refractivity contribution is 9.10. The molecular formula is C19H17BrN2O4S. The smallest absolute Gasteiger partial charge is 0.338 e. The van der Waals surface area contributed by atoms with Gasteiger partial charge in [-0.3, -0.25) is 0 Å². The van der Waals surface area contributed by atoms with E-state index in [1.54, 1.807) is 56.3 Å². The topological polar surface area (TPSA) is 84.8 Å². The molecule has 0 amide bonds.